The molecule has 0 amide bonds. The molecule has 0 radical (unpaired) electrons. The molecule has 3 aromatic rings. The van der Waals surface area contributed by atoms with Crippen molar-refractivity contribution in [3.63, 3.8) is 0 Å². The van der Waals surface area contributed by atoms with Gasteiger partial charge in [0.2, 0.25) is 5.95 Å². The predicted molar refractivity (Wildman–Crippen MR) is 120 cm³/mol. The van der Waals surface area contributed by atoms with E-state index < -0.39 is 0 Å². The lowest BCUT2D eigenvalue weighted by Crippen LogP contribution is -2.62. The fourth-order valence-electron chi connectivity index (χ4n) is 4.28. The van der Waals surface area contributed by atoms with Gasteiger partial charge in [-0.2, -0.15) is 5.10 Å². The Morgan fingerprint density at radius 2 is 1.77 bits per heavy atom. The molecular weight excluding hydrogens is 425 g/mol. The van der Waals surface area contributed by atoms with E-state index in [1.807, 2.05) is 12.1 Å². The van der Waals surface area contributed by atoms with Crippen molar-refractivity contribution in [2.45, 2.75) is 24.8 Å². The number of phenolic OH excluding ortho intramolecular Hbond substituents is 1. The van der Waals surface area contributed by atoms with Crippen LogP contribution in [0.2, 0.25) is 0 Å². The van der Waals surface area contributed by atoms with E-state index in [9.17, 15) is 5.11 Å². The zero-order valence-corrected chi connectivity index (χ0v) is 18.3. The second-order valence-corrected chi connectivity index (χ2v) is 7.75. The number of nitrogens with zero attached hydrogens (tertiary/aromatic N) is 6. The monoisotopic (exact) mass is 449 g/mol. The van der Waals surface area contributed by atoms with Gasteiger partial charge in [0, 0.05) is 42.5 Å². The van der Waals surface area contributed by atoms with Gasteiger partial charge in [-0.15, -0.1) is 35.0 Å². The molecule has 30 heavy (non-hydrogen) atoms. The molecule has 160 valence electrons. The van der Waals surface area contributed by atoms with E-state index in [0.717, 1.165) is 37.1 Å². The maximum absolute atomic E-state index is 10.4. The molecule has 8 nitrogen and oxygen atoms in total. The Labute approximate surface area is 187 Å². The van der Waals surface area contributed by atoms with Crippen molar-refractivity contribution in [2.75, 3.05) is 31.6 Å². The molecule has 2 aliphatic rings. The van der Waals surface area contributed by atoms with Gasteiger partial charge >= 0.3 is 0 Å². The third-order valence-electron chi connectivity index (χ3n) is 6.35. The van der Waals surface area contributed by atoms with Gasteiger partial charge in [0.05, 0.1) is 12.4 Å². The second-order valence-electron chi connectivity index (χ2n) is 7.75. The number of halogens is 2. The summed E-state index contributed by atoms with van der Waals surface area (Å²) >= 11 is 0. The van der Waals surface area contributed by atoms with Gasteiger partial charge in [-0.3, -0.25) is 5.10 Å². The number of nitrogens with one attached hydrogen (secondary N) is 1. The number of aromatic hydroxyl groups is 1. The van der Waals surface area contributed by atoms with Crippen LogP contribution in [0.25, 0.3) is 22.4 Å². The number of benzene rings is 1. The lowest BCUT2D eigenvalue weighted by Gasteiger charge is -2.55. The summed E-state index contributed by atoms with van der Waals surface area (Å²) in [7, 11) is 2.22. The Morgan fingerprint density at radius 3 is 2.30 bits per heavy atom. The fourth-order valence-corrected chi connectivity index (χ4v) is 4.28. The minimum Gasteiger partial charge on any atom is -0.507 e. The molecule has 2 aliphatic heterocycles. The molecule has 5 rings (SSSR count). The topological polar surface area (TPSA) is 94.1 Å². The van der Waals surface area contributed by atoms with Crippen LogP contribution >= 0.6 is 24.8 Å². The highest BCUT2D eigenvalue weighted by molar-refractivity contribution is 5.85. The number of anilines is 1. The van der Waals surface area contributed by atoms with E-state index in [0.29, 0.717) is 22.7 Å². The number of aromatic nitrogens is 5. The van der Waals surface area contributed by atoms with Crippen molar-refractivity contribution in [3.05, 3.63) is 36.8 Å². The Balaban J connectivity index is 0.00000128. The quantitative estimate of drug-likeness (QED) is 0.633. The smallest absolute Gasteiger partial charge is 0.245 e. The Morgan fingerprint density at radius 1 is 1.00 bits per heavy atom. The van der Waals surface area contributed by atoms with Crippen molar-refractivity contribution in [1.82, 2.24) is 30.3 Å². The molecule has 0 unspecified atom stereocenters. The number of hydrogen-bond acceptors (Lipinski definition) is 7. The lowest BCUT2D eigenvalue weighted by molar-refractivity contribution is -0.00937. The van der Waals surface area contributed by atoms with Crippen molar-refractivity contribution in [2.24, 2.45) is 0 Å². The molecule has 2 fully saturated rings. The molecule has 4 heterocycles. The highest BCUT2D eigenvalue weighted by Crippen LogP contribution is 2.39. The van der Waals surface area contributed by atoms with Crippen molar-refractivity contribution in [1.29, 1.82) is 0 Å². The first-order valence-corrected chi connectivity index (χ1v) is 9.63. The van der Waals surface area contributed by atoms with E-state index in [2.05, 4.69) is 42.2 Å². The van der Waals surface area contributed by atoms with Crippen LogP contribution in [0.1, 0.15) is 19.3 Å². The van der Waals surface area contributed by atoms with Crippen molar-refractivity contribution in [3.8, 4) is 28.1 Å². The van der Waals surface area contributed by atoms with Crippen LogP contribution in [0.5, 0.6) is 5.75 Å². The van der Waals surface area contributed by atoms with Crippen molar-refractivity contribution >= 4 is 30.8 Å². The van der Waals surface area contributed by atoms with E-state index in [1.54, 1.807) is 24.7 Å². The van der Waals surface area contributed by atoms with E-state index in [1.165, 1.54) is 13.0 Å². The molecule has 0 atom stereocenters. The summed E-state index contributed by atoms with van der Waals surface area (Å²) in [5.74, 6) is 0.811. The second kappa shape index (κ2) is 8.75. The average Bonchev–Trinajstić information content (AvgIpc) is 3.28. The largest absolute Gasteiger partial charge is 0.507 e. The predicted octanol–water partition coefficient (Wildman–Crippen LogP) is 3.15. The highest BCUT2D eigenvalue weighted by Gasteiger charge is 2.44. The molecule has 0 aliphatic carbocycles. The average molecular weight is 450 g/mol. The standard InChI is InChI=1S/C20H23N7O.2ClH/c1-26-7-4-20(26)5-8-27(9-6-20)19-21-13-17(24-25-19)16-3-2-14(10-18(16)28)15-11-22-23-12-15;;/h2-3,10-13,28H,4-9H2,1H3,(H,22,23);2*1H. The number of phenols is 1. The SMILES string of the molecule is CN1CCC12CCN(c1ncc(-c3ccc(-c4cn[nH]c4)cc3O)nn1)CC2.Cl.Cl. The van der Waals surface area contributed by atoms with Crippen LogP contribution in [-0.4, -0.2) is 67.6 Å². The number of aromatic amines is 1. The highest BCUT2D eigenvalue weighted by atomic mass is 35.5. The van der Waals surface area contributed by atoms with Crippen molar-refractivity contribution < 1.29 is 5.11 Å². The van der Waals surface area contributed by atoms with Crippen LogP contribution in [0, 0.1) is 0 Å². The van der Waals surface area contributed by atoms with Crippen LogP contribution < -0.4 is 4.90 Å². The molecule has 1 aromatic carbocycles. The van der Waals surface area contributed by atoms with Gasteiger partial charge in [-0.1, -0.05) is 6.07 Å². The zero-order chi connectivity index (χ0) is 19.1. The Hall–Kier alpha value is -2.42. The number of hydrogen-bond donors (Lipinski definition) is 2. The molecular formula is C20H25Cl2N7O. The summed E-state index contributed by atoms with van der Waals surface area (Å²) in [6.07, 6.45) is 8.78. The van der Waals surface area contributed by atoms with E-state index in [4.69, 9.17) is 0 Å². The third kappa shape index (κ3) is 3.82. The summed E-state index contributed by atoms with van der Waals surface area (Å²) in [6, 6.07) is 5.46. The maximum Gasteiger partial charge on any atom is 0.245 e. The number of rotatable bonds is 3. The number of likely N-dealkylation sites (tertiary alicyclic amines) is 1. The van der Waals surface area contributed by atoms with Gasteiger partial charge in [0.25, 0.3) is 0 Å². The van der Waals surface area contributed by atoms with Gasteiger partial charge in [-0.05, 0) is 44.0 Å². The molecule has 2 saturated heterocycles. The summed E-state index contributed by atoms with van der Waals surface area (Å²) in [6.45, 7) is 3.11. The Kier molecular flexibility index (Phi) is 6.50. The van der Waals surface area contributed by atoms with Gasteiger partial charge in [0.1, 0.15) is 11.4 Å². The molecule has 2 aromatic heterocycles. The van der Waals surface area contributed by atoms with Gasteiger partial charge < -0.3 is 14.9 Å². The van der Waals surface area contributed by atoms with E-state index >= 15 is 0 Å². The third-order valence-corrected chi connectivity index (χ3v) is 6.35. The number of piperidine rings is 1. The van der Waals surface area contributed by atoms with Gasteiger partial charge in [0.15, 0.2) is 0 Å². The number of H-pyrrole nitrogens is 1. The van der Waals surface area contributed by atoms with Crippen LogP contribution in [-0.2, 0) is 0 Å². The zero-order valence-electron chi connectivity index (χ0n) is 16.7. The lowest BCUT2D eigenvalue weighted by atomic mass is 9.77. The summed E-state index contributed by atoms with van der Waals surface area (Å²) in [5, 5.41) is 25.8. The normalized spacial score (nSPS) is 17.7. The maximum atomic E-state index is 10.4. The van der Waals surface area contributed by atoms with Crippen LogP contribution in [0.15, 0.2) is 36.8 Å². The minimum absolute atomic E-state index is 0. The minimum atomic E-state index is 0. The molecule has 0 bridgehead atoms. The van der Waals surface area contributed by atoms with Gasteiger partial charge in [-0.25, -0.2) is 4.98 Å². The Bertz CT molecular complexity index is 973. The van der Waals surface area contributed by atoms with E-state index in [-0.39, 0.29) is 30.6 Å². The fraction of sp³-hybridized carbons (Fsp3) is 0.400. The first-order valence-electron chi connectivity index (χ1n) is 9.63. The molecule has 1 spiro atoms. The summed E-state index contributed by atoms with van der Waals surface area (Å²) in [4.78, 5) is 9.19. The summed E-state index contributed by atoms with van der Waals surface area (Å²) < 4.78 is 0. The molecule has 2 N–H and O–H groups in total. The summed E-state index contributed by atoms with van der Waals surface area (Å²) in [5.41, 5.74) is 3.38. The molecule has 0 saturated carbocycles. The molecule has 10 heteroatoms. The first-order chi connectivity index (χ1) is 13.6. The first kappa shape index (κ1) is 22.3. The van der Waals surface area contributed by atoms with Crippen LogP contribution in [0.4, 0.5) is 5.95 Å². The van der Waals surface area contributed by atoms with Crippen LogP contribution in [0.3, 0.4) is 0 Å².